The number of imide groups is 1. The van der Waals surface area contributed by atoms with Crippen molar-refractivity contribution in [3.05, 3.63) is 95.2 Å². The molecule has 13 rings (SSSR count). The highest BCUT2D eigenvalue weighted by Gasteiger charge is 2.51. The first-order chi connectivity index (χ1) is 35.8. The third-order valence-electron chi connectivity index (χ3n) is 18.1. The van der Waals surface area contributed by atoms with Gasteiger partial charge in [0.1, 0.15) is 28.9 Å². The Hall–Kier alpha value is -6.60. The molecule has 2 aliphatic carbocycles. The molecule has 13 nitrogen and oxygen atoms in total. The SMILES string of the molecule is C#Cc1c(F)ccc2cccc(-c3ncc4c(N5CCC[C@](C)(O)C5)nc(OCC5(CN6CCC7(CC6)CC(N6CCC(c8ccc9c%10c(cccc8%10)C(=O)N9C8CCC(=O)NC8=O)CC6)C7)CC5)nc4c3F)c12. The summed E-state index contributed by atoms with van der Waals surface area (Å²) in [5, 5.41) is 17.0. The number of benzene rings is 4. The number of carbonyl (C=O) groups excluding carboxylic acids is 3. The number of nitrogens with zero attached hydrogens (tertiary/aromatic N) is 7. The second-order valence-corrected chi connectivity index (χ2v) is 23.0. The maximum absolute atomic E-state index is 17.1. The quantitative estimate of drug-likeness (QED) is 0.101. The van der Waals surface area contributed by atoms with E-state index in [4.69, 9.17) is 21.1 Å². The molecule has 2 aromatic heterocycles. The zero-order valence-corrected chi connectivity index (χ0v) is 41.8. The number of anilines is 2. The van der Waals surface area contributed by atoms with Crippen LogP contribution in [-0.2, 0) is 9.59 Å². The van der Waals surface area contributed by atoms with E-state index in [1.807, 2.05) is 29.2 Å². The molecule has 7 aliphatic rings. The number of likely N-dealkylation sites (tertiary alicyclic amines) is 2. The molecule has 2 N–H and O–H groups in total. The zero-order chi connectivity index (χ0) is 50.7. The first-order valence-electron chi connectivity index (χ1n) is 26.6. The standard InChI is InChI=1S/C59H60F2N8O5/c1-3-38-44(60)13-11-36-7-4-9-41(48(36)38)51-50(61)52-43(31-62-51)53(68-24-6-19-57(2,73)32-68)65-56(64-52)74-34-59(20-21-59)33-66-27-22-58(23-28-66)29-37(30-58)67-25-17-35(18-26-67)39-12-14-45-49-40(39)8-5-10-42(49)55(72)69(45)46-15-16-47(70)63-54(46)71/h1,4-5,7-14,31,35,37,46,73H,6,15-30,32-34H2,2H3,(H,63,70,71)/t46?,57-/m0/s1. The van der Waals surface area contributed by atoms with Crippen molar-refractivity contribution >= 4 is 61.7 Å². The van der Waals surface area contributed by atoms with Gasteiger partial charge in [-0.1, -0.05) is 48.4 Å². The maximum atomic E-state index is 17.1. The van der Waals surface area contributed by atoms with Crippen LogP contribution in [0.3, 0.4) is 0 Å². The number of aromatic nitrogens is 3. The number of halogens is 2. The third kappa shape index (κ3) is 8.06. The van der Waals surface area contributed by atoms with E-state index in [-0.39, 0.29) is 46.4 Å². The van der Waals surface area contributed by atoms with Gasteiger partial charge in [-0.15, -0.1) is 6.42 Å². The summed E-state index contributed by atoms with van der Waals surface area (Å²) in [5.41, 5.74) is 2.53. The van der Waals surface area contributed by atoms with Crippen LogP contribution < -0.4 is 19.9 Å². The van der Waals surface area contributed by atoms with Gasteiger partial charge in [0.15, 0.2) is 5.82 Å². The fourth-order valence-corrected chi connectivity index (χ4v) is 13.8. The largest absolute Gasteiger partial charge is 0.463 e. The maximum Gasteiger partial charge on any atom is 0.319 e. The van der Waals surface area contributed by atoms with Gasteiger partial charge in [0.05, 0.1) is 28.8 Å². The van der Waals surface area contributed by atoms with E-state index in [1.54, 1.807) is 36.2 Å². The number of terminal acetylenes is 1. The van der Waals surface area contributed by atoms with E-state index in [1.165, 1.54) is 37.3 Å². The molecule has 15 heteroatoms. The van der Waals surface area contributed by atoms with Crippen LogP contribution in [0.1, 0.15) is 111 Å². The summed E-state index contributed by atoms with van der Waals surface area (Å²) >= 11 is 0. The lowest BCUT2D eigenvalue weighted by molar-refractivity contribution is -0.134. The molecule has 1 spiro atoms. The number of ether oxygens (including phenoxy) is 1. The summed E-state index contributed by atoms with van der Waals surface area (Å²) in [5.74, 6) is 1.19. The van der Waals surface area contributed by atoms with Gasteiger partial charge in [0.25, 0.3) is 5.91 Å². The molecule has 4 aromatic carbocycles. The molecule has 4 saturated heterocycles. The van der Waals surface area contributed by atoms with Crippen molar-refractivity contribution in [2.45, 2.75) is 108 Å². The number of rotatable bonds is 10. The number of β-amino-alcohol motifs (C(OH)–C–C–N with tert-alkyl or cyclic N) is 1. The number of hydrogen-bond acceptors (Lipinski definition) is 11. The Kier molecular flexibility index (Phi) is 11.3. The third-order valence-corrected chi connectivity index (χ3v) is 18.1. The van der Waals surface area contributed by atoms with Crippen molar-refractivity contribution in [1.82, 2.24) is 30.1 Å². The van der Waals surface area contributed by atoms with Gasteiger partial charge in [-0.2, -0.15) is 9.97 Å². The number of carbonyl (C=O) groups is 3. The highest BCUT2D eigenvalue weighted by Crippen LogP contribution is 2.54. The Morgan fingerprint density at radius 2 is 1.65 bits per heavy atom. The molecular formula is C59H60F2N8O5. The first kappa shape index (κ1) is 47.1. The number of aliphatic hydroxyl groups is 1. The van der Waals surface area contributed by atoms with E-state index < -0.39 is 29.2 Å². The van der Waals surface area contributed by atoms with Crippen molar-refractivity contribution in [2.75, 3.05) is 62.2 Å². The Morgan fingerprint density at radius 1 is 0.865 bits per heavy atom. The lowest BCUT2D eigenvalue weighted by Gasteiger charge is -2.56. The average Bonchev–Trinajstić information content (AvgIpc) is 4.10. The highest BCUT2D eigenvalue weighted by molar-refractivity contribution is 6.27. The normalized spacial score (nSPS) is 24.2. The number of pyridine rings is 1. The van der Waals surface area contributed by atoms with Crippen molar-refractivity contribution in [2.24, 2.45) is 10.8 Å². The van der Waals surface area contributed by atoms with E-state index in [0.717, 1.165) is 81.3 Å². The minimum absolute atomic E-state index is 0.00355. The van der Waals surface area contributed by atoms with Crippen LogP contribution in [0.15, 0.2) is 66.9 Å². The molecule has 6 fully saturated rings. The summed E-state index contributed by atoms with van der Waals surface area (Å²) < 4.78 is 38.6. The first-order valence-corrected chi connectivity index (χ1v) is 26.6. The second-order valence-electron chi connectivity index (χ2n) is 23.0. The lowest BCUT2D eigenvalue weighted by Crippen LogP contribution is -2.56. The smallest absolute Gasteiger partial charge is 0.319 e. The Morgan fingerprint density at radius 3 is 2.41 bits per heavy atom. The van der Waals surface area contributed by atoms with Gasteiger partial charge < -0.3 is 24.5 Å². The van der Waals surface area contributed by atoms with Crippen LogP contribution >= 0.6 is 0 Å². The Labute approximate surface area is 428 Å². The number of hydrogen-bond donors (Lipinski definition) is 2. The van der Waals surface area contributed by atoms with Gasteiger partial charge in [-0.05, 0) is 150 Å². The van der Waals surface area contributed by atoms with Crippen LogP contribution in [0.4, 0.5) is 20.3 Å². The summed E-state index contributed by atoms with van der Waals surface area (Å²) in [6.07, 6.45) is 18.3. The Bertz CT molecular complexity index is 3370. The van der Waals surface area contributed by atoms with Crippen molar-refractivity contribution in [3.8, 4) is 29.6 Å². The van der Waals surface area contributed by atoms with Crippen molar-refractivity contribution in [3.63, 3.8) is 0 Å². The highest BCUT2D eigenvalue weighted by atomic mass is 19.1. The number of piperidine rings is 4. The molecule has 2 atom stereocenters. The molecule has 74 heavy (non-hydrogen) atoms. The number of fused-ring (bicyclic) bond motifs is 2. The van der Waals surface area contributed by atoms with Crippen LogP contribution in [-0.4, -0.2) is 118 Å². The van der Waals surface area contributed by atoms with Crippen molar-refractivity contribution in [1.29, 1.82) is 0 Å². The van der Waals surface area contributed by atoms with Gasteiger partial charge in [0, 0.05) is 65.6 Å². The van der Waals surface area contributed by atoms with Crippen LogP contribution in [0.5, 0.6) is 6.01 Å². The summed E-state index contributed by atoms with van der Waals surface area (Å²) in [6, 6.07) is 18.3. The topological polar surface area (TPSA) is 144 Å². The molecule has 0 bridgehead atoms. The zero-order valence-electron chi connectivity index (χ0n) is 41.8. The molecule has 6 aromatic rings. The summed E-state index contributed by atoms with van der Waals surface area (Å²) in [6.45, 7) is 8.27. The monoisotopic (exact) mass is 998 g/mol. The average molecular weight is 999 g/mol. The number of nitrogens with one attached hydrogen (secondary N) is 1. The van der Waals surface area contributed by atoms with Gasteiger partial charge in [-0.3, -0.25) is 29.6 Å². The van der Waals surface area contributed by atoms with Gasteiger partial charge in [0.2, 0.25) is 11.8 Å². The summed E-state index contributed by atoms with van der Waals surface area (Å²) in [7, 11) is 0. The van der Waals surface area contributed by atoms with Crippen molar-refractivity contribution < 1.29 is 33.0 Å². The molecule has 380 valence electrons. The fraction of sp³-hybridized carbons (Fsp3) is 0.458. The van der Waals surface area contributed by atoms with Crippen LogP contribution in [0, 0.1) is 34.8 Å². The second kappa shape index (κ2) is 17.8. The van der Waals surface area contributed by atoms with E-state index in [0.29, 0.717) is 83.0 Å². The Balaban J connectivity index is 0.651. The number of amides is 3. The fourth-order valence-electron chi connectivity index (χ4n) is 13.8. The lowest BCUT2D eigenvalue weighted by atomic mass is 9.59. The minimum Gasteiger partial charge on any atom is -0.463 e. The van der Waals surface area contributed by atoms with E-state index >= 15 is 8.78 Å². The predicted octanol–water partition coefficient (Wildman–Crippen LogP) is 8.66. The molecule has 0 radical (unpaired) electrons. The minimum atomic E-state index is -0.955. The molecule has 7 heterocycles. The molecule has 3 amide bonds. The van der Waals surface area contributed by atoms with E-state index in [9.17, 15) is 19.5 Å². The predicted molar refractivity (Wildman–Crippen MR) is 279 cm³/mol. The van der Waals surface area contributed by atoms with Crippen LogP contribution in [0.25, 0.3) is 43.7 Å². The molecule has 2 saturated carbocycles. The molecular weight excluding hydrogens is 939 g/mol. The van der Waals surface area contributed by atoms with Gasteiger partial charge in [-0.25, -0.2) is 8.78 Å². The molecule has 5 aliphatic heterocycles. The summed E-state index contributed by atoms with van der Waals surface area (Å²) in [4.78, 5) is 61.6. The van der Waals surface area contributed by atoms with E-state index in [2.05, 4.69) is 38.2 Å². The van der Waals surface area contributed by atoms with Gasteiger partial charge >= 0.3 is 6.01 Å². The molecule has 1 unspecified atom stereocenters. The van der Waals surface area contributed by atoms with Crippen LogP contribution in [0.2, 0.25) is 0 Å².